The maximum Gasteiger partial charge on any atom is 0.234 e. The van der Waals surface area contributed by atoms with Crippen LogP contribution in [0.2, 0.25) is 10.0 Å². The third-order valence-electron chi connectivity index (χ3n) is 4.76. The van der Waals surface area contributed by atoms with E-state index in [9.17, 15) is 4.79 Å². The highest BCUT2D eigenvalue weighted by atomic mass is 35.5. The van der Waals surface area contributed by atoms with Crippen molar-refractivity contribution in [2.24, 2.45) is 0 Å². The van der Waals surface area contributed by atoms with Crippen molar-refractivity contribution in [3.8, 4) is 5.75 Å². The van der Waals surface area contributed by atoms with Crippen molar-refractivity contribution >= 4 is 29.1 Å². The first-order valence-corrected chi connectivity index (χ1v) is 10.2. The number of hydrogen-bond donors (Lipinski definition) is 1. The van der Waals surface area contributed by atoms with Crippen molar-refractivity contribution in [2.75, 3.05) is 45.9 Å². The lowest BCUT2D eigenvalue weighted by molar-refractivity contribution is -0.122. The topological polar surface area (TPSA) is 44.8 Å². The zero-order chi connectivity index (χ0) is 19.8. The molecule has 0 aliphatic carbocycles. The Hall–Kier alpha value is -1.79. The summed E-state index contributed by atoms with van der Waals surface area (Å²) < 4.78 is 5.75. The number of piperazine rings is 1. The number of nitrogens with zero attached hydrogens (tertiary/aromatic N) is 2. The number of ether oxygens (including phenoxy) is 1. The lowest BCUT2D eigenvalue weighted by atomic mass is 10.2. The zero-order valence-corrected chi connectivity index (χ0v) is 17.3. The summed E-state index contributed by atoms with van der Waals surface area (Å²) in [7, 11) is 0. The highest BCUT2D eigenvalue weighted by molar-refractivity contribution is 6.31. The molecular formula is C21H25Cl2N3O2. The van der Waals surface area contributed by atoms with Crippen LogP contribution in [0.3, 0.4) is 0 Å². The lowest BCUT2D eigenvalue weighted by Gasteiger charge is -2.34. The third-order valence-corrected chi connectivity index (χ3v) is 5.38. The molecule has 0 aromatic heterocycles. The van der Waals surface area contributed by atoms with Gasteiger partial charge in [0.1, 0.15) is 12.4 Å². The van der Waals surface area contributed by atoms with Gasteiger partial charge in [0.2, 0.25) is 5.91 Å². The van der Waals surface area contributed by atoms with Gasteiger partial charge in [0.05, 0.1) is 6.54 Å². The number of hydrogen-bond acceptors (Lipinski definition) is 4. The molecule has 5 nitrogen and oxygen atoms in total. The number of amides is 1. The first kappa shape index (κ1) is 20.9. The monoisotopic (exact) mass is 421 g/mol. The number of rotatable bonds is 8. The highest BCUT2D eigenvalue weighted by Gasteiger charge is 2.18. The third kappa shape index (κ3) is 6.67. The van der Waals surface area contributed by atoms with E-state index in [0.717, 1.165) is 44.0 Å². The second kappa shape index (κ2) is 10.7. The molecule has 0 radical (unpaired) electrons. The Morgan fingerprint density at radius 1 is 0.964 bits per heavy atom. The Kier molecular flexibility index (Phi) is 7.98. The molecule has 0 unspecified atom stereocenters. The molecule has 1 aliphatic heterocycles. The Labute approximate surface area is 176 Å². The molecule has 1 saturated heterocycles. The molecule has 2 aromatic carbocycles. The number of nitrogens with one attached hydrogen (secondary N) is 1. The molecule has 0 atom stereocenters. The van der Waals surface area contributed by atoms with Gasteiger partial charge >= 0.3 is 0 Å². The largest absolute Gasteiger partial charge is 0.492 e. The fourth-order valence-electron chi connectivity index (χ4n) is 3.09. The normalized spacial score (nSPS) is 15.4. The average Bonchev–Trinajstić information content (AvgIpc) is 2.70. The van der Waals surface area contributed by atoms with Crippen molar-refractivity contribution in [2.45, 2.75) is 6.54 Å². The quantitative estimate of drug-likeness (QED) is 0.709. The molecule has 1 N–H and O–H groups in total. The summed E-state index contributed by atoms with van der Waals surface area (Å²) in [5, 5.41) is 4.33. The van der Waals surface area contributed by atoms with Crippen LogP contribution < -0.4 is 10.1 Å². The first-order chi connectivity index (χ1) is 13.6. The van der Waals surface area contributed by atoms with Gasteiger partial charge in [-0.2, -0.15) is 0 Å². The van der Waals surface area contributed by atoms with Gasteiger partial charge in [0.25, 0.3) is 0 Å². The van der Waals surface area contributed by atoms with Crippen LogP contribution in [0, 0.1) is 0 Å². The minimum atomic E-state index is 0.0273. The van der Waals surface area contributed by atoms with E-state index in [1.807, 2.05) is 48.5 Å². The van der Waals surface area contributed by atoms with E-state index >= 15 is 0 Å². The van der Waals surface area contributed by atoms with Gasteiger partial charge in [-0.15, -0.1) is 0 Å². The van der Waals surface area contributed by atoms with Gasteiger partial charge < -0.3 is 10.1 Å². The molecule has 0 bridgehead atoms. The fourth-order valence-corrected chi connectivity index (χ4v) is 3.42. The minimum absolute atomic E-state index is 0.0273. The molecule has 1 amide bonds. The summed E-state index contributed by atoms with van der Waals surface area (Å²) in [6.07, 6.45) is 0. The number of benzene rings is 2. The predicted molar refractivity (Wildman–Crippen MR) is 113 cm³/mol. The molecule has 1 aliphatic rings. The van der Waals surface area contributed by atoms with Gasteiger partial charge in [-0.1, -0.05) is 41.4 Å². The summed E-state index contributed by atoms with van der Waals surface area (Å²) in [5.41, 5.74) is 0.933. The van der Waals surface area contributed by atoms with Crippen molar-refractivity contribution in [3.63, 3.8) is 0 Å². The van der Waals surface area contributed by atoms with E-state index in [1.165, 1.54) is 0 Å². The summed E-state index contributed by atoms with van der Waals surface area (Å²) in [4.78, 5) is 16.7. The average molecular weight is 422 g/mol. The van der Waals surface area contributed by atoms with Crippen molar-refractivity contribution in [3.05, 3.63) is 64.1 Å². The Balaban J connectivity index is 1.31. The van der Waals surface area contributed by atoms with Crippen LogP contribution >= 0.6 is 23.2 Å². The maximum absolute atomic E-state index is 12.2. The van der Waals surface area contributed by atoms with Crippen LogP contribution in [0.4, 0.5) is 0 Å². The molecular weight excluding hydrogens is 397 g/mol. The summed E-state index contributed by atoms with van der Waals surface area (Å²) in [6.45, 7) is 6.00. The highest BCUT2D eigenvalue weighted by Crippen LogP contribution is 2.16. The van der Waals surface area contributed by atoms with Crippen LogP contribution in [0.5, 0.6) is 5.75 Å². The van der Waals surface area contributed by atoms with Gasteiger partial charge in [-0.25, -0.2) is 0 Å². The number of carbonyl (C=O) groups excluding carboxylic acids is 1. The lowest BCUT2D eigenvalue weighted by Crippen LogP contribution is -2.50. The Morgan fingerprint density at radius 3 is 2.36 bits per heavy atom. The molecule has 2 aromatic rings. The van der Waals surface area contributed by atoms with E-state index < -0.39 is 0 Å². The SMILES string of the molecule is O=C(CN1CCN(CCOc2ccc(Cl)cc2)CC1)NCc1ccccc1Cl. The smallest absolute Gasteiger partial charge is 0.234 e. The molecule has 7 heteroatoms. The van der Waals surface area contributed by atoms with Crippen LogP contribution in [0.25, 0.3) is 0 Å². The van der Waals surface area contributed by atoms with Gasteiger partial charge in [0.15, 0.2) is 0 Å². The second-order valence-corrected chi connectivity index (χ2v) is 7.63. The van der Waals surface area contributed by atoms with Crippen molar-refractivity contribution in [1.29, 1.82) is 0 Å². The molecule has 0 spiro atoms. The summed E-state index contributed by atoms with van der Waals surface area (Å²) >= 11 is 12.0. The van der Waals surface area contributed by atoms with E-state index in [0.29, 0.717) is 29.7 Å². The van der Waals surface area contributed by atoms with E-state index in [1.54, 1.807) is 0 Å². The molecule has 1 fully saturated rings. The van der Waals surface area contributed by atoms with Crippen LogP contribution in [0.1, 0.15) is 5.56 Å². The number of halogens is 2. The van der Waals surface area contributed by atoms with Crippen LogP contribution in [-0.4, -0.2) is 61.6 Å². The van der Waals surface area contributed by atoms with Crippen LogP contribution in [0.15, 0.2) is 48.5 Å². The molecule has 0 saturated carbocycles. The Bertz CT molecular complexity index is 763. The molecule has 28 heavy (non-hydrogen) atoms. The zero-order valence-electron chi connectivity index (χ0n) is 15.7. The maximum atomic E-state index is 12.2. The van der Waals surface area contributed by atoms with Crippen molar-refractivity contribution < 1.29 is 9.53 Å². The van der Waals surface area contributed by atoms with E-state index in [2.05, 4.69) is 15.1 Å². The predicted octanol–water partition coefficient (Wildman–Crippen LogP) is 3.31. The molecule has 1 heterocycles. The fraction of sp³-hybridized carbons (Fsp3) is 0.381. The van der Waals surface area contributed by atoms with Gasteiger partial charge in [-0.3, -0.25) is 14.6 Å². The van der Waals surface area contributed by atoms with Crippen LogP contribution in [-0.2, 0) is 11.3 Å². The number of carbonyl (C=O) groups is 1. The summed E-state index contributed by atoms with van der Waals surface area (Å²) in [5.74, 6) is 0.859. The van der Waals surface area contributed by atoms with E-state index in [4.69, 9.17) is 27.9 Å². The summed E-state index contributed by atoms with van der Waals surface area (Å²) in [6, 6.07) is 15.0. The standard InChI is InChI=1S/C21H25Cl2N3O2/c22-18-5-7-19(8-6-18)28-14-13-25-9-11-26(12-10-25)16-21(27)24-15-17-3-1-2-4-20(17)23/h1-8H,9-16H2,(H,24,27). The van der Waals surface area contributed by atoms with E-state index in [-0.39, 0.29) is 5.91 Å². The molecule has 3 rings (SSSR count). The first-order valence-electron chi connectivity index (χ1n) is 9.43. The Morgan fingerprint density at radius 2 is 1.64 bits per heavy atom. The van der Waals surface area contributed by atoms with Gasteiger partial charge in [-0.05, 0) is 35.9 Å². The minimum Gasteiger partial charge on any atom is -0.492 e. The van der Waals surface area contributed by atoms with Gasteiger partial charge in [0, 0.05) is 49.3 Å². The van der Waals surface area contributed by atoms with Crippen molar-refractivity contribution in [1.82, 2.24) is 15.1 Å². The second-order valence-electron chi connectivity index (χ2n) is 6.79. The molecule has 150 valence electrons.